The number of amidine groups is 1. The molecule has 0 radical (unpaired) electrons. The molecular formula is C11H9N2O4S-. The standard InChI is InChI=1S/C11H10N2O4S/c14-7-3-1-2-6(4-7)12-11-13-10(17)8(18-11)5-9(15)16/h1-4,8,14H,5H2,(H,15,16)(H,12,13,17)/p-1/t8-/m0/s1. The number of amides is 1. The zero-order valence-corrected chi connectivity index (χ0v) is 9.94. The van der Waals surface area contributed by atoms with Crippen molar-refractivity contribution >= 4 is 34.5 Å². The van der Waals surface area contributed by atoms with Gasteiger partial charge in [-0.05, 0) is 12.1 Å². The molecule has 0 spiro atoms. The number of benzene rings is 1. The number of nitrogens with zero attached hydrogens (tertiary/aromatic N) is 1. The summed E-state index contributed by atoms with van der Waals surface area (Å²) in [6.07, 6.45) is -0.352. The van der Waals surface area contributed by atoms with Crippen LogP contribution in [0.2, 0.25) is 0 Å². The number of thioether (sulfide) groups is 1. The second kappa shape index (κ2) is 5.09. The molecule has 1 atom stereocenters. The fourth-order valence-corrected chi connectivity index (χ4v) is 2.40. The van der Waals surface area contributed by atoms with Crippen LogP contribution >= 0.6 is 11.8 Å². The van der Waals surface area contributed by atoms with Crippen LogP contribution in [0.15, 0.2) is 29.3 Å². The maximum absolute atomic E-state index is 11.4. The van der Waals surface area contributed by atoms with Crippen molar-refractivity contribution in [1.29, 1.82) is 0 Å². The fourth-order valence-electron chi connectivity index (χ4n) is 1.42. The molecule has 94 valence electrons. The Bertz CT molecular complexity index is 530. The van der Waals surface area contributed by atoms with Gasteiger partial charge >= 0.3 is 0 Å². The van der Waals surface area contributed by atoms with E-state index in [-0.39, 0.29) is 12.2 Å². The second-order valence-electron chi connectivity index (χ2n) is 3.61. The highest BCUT2D eigenvalue weighted by molar-refractivity contribution is 8.15. The van der Waals surface area contributed by atoms with Gasteiger partial charge in [-0.3, -0.25) is 4.79 Å². The molecule has 0 unspecified atom stereocenters. The number of carbonyl (C=O) groups is 2. The second-order valence-corrected chi connectivity index (χ2v) is 4.80. The lowest BCUT2D eigenvalue weighted by Crippen LogP contribution is -2.31. The molecule has 1 fully saturated rings. The van der Waals surface area contributed by atoms with Crippen molar-refractivity contribution in [3.8, 4) is 5.75 Å². The SMILES string of the molecule is O=C([O-])C[C@@H]1SC(=Nc2cccc(O)c2)NC1=O. The first kappa shape index (κ1) is 12.4. The molecule has 1 aromatic carbocycles. The summed E-state index contributed by atoms with van der Waals surface area (Å²) < 4.78 is 0. The van der Waals surface area contributed by atoms with Crippen molar-refractivity contribution in [2.24, 2.45) is 4.99 Å². The van der Waals surface area contributed by atoms with Crippen molar-refractivity contribution in [2.75, 3.05) is 0 Å². The predicted molar refractivity (Wildman–Crippen MR) is 64.3 cm³/mol. The number of aliphatic carboxylic acids is 1. The average molecular weight is 265 g/mol. The van der Waals surface area contributed by atoms with E-state index in [1.54, 1.807) is 12.1 Å². The number of carboxylic acid groups (broad SMARTS) is 1. The van der Waals surface area contributed by atoms with Gasteiger partial charge in [0.15, 0.2) is 5.17 Å². The number of hydrogen-bond donors (Lipinski definition) is 2. The van der Waals surface area contributed by atoms with Crippen LogP contribution in [-0.4, -0.2) is 27.4 Å². The van der Waals surface area contributed by atoms with Gasteiger partial charge in [0.1, 0.15) is 5.75 Å². The Balaban J connectivity index is 2.12. The molecule has 18 heavy (non-hydrogen) atoms. The van der Waals surface area contributed by atoms with Crippen LogP contribution in [0.4, 0.5) is 5.69 Å². The van der Waals surface area contributed by atoms with Gasteiger partial charge in [-0.1, -0.05) is 17.8 Å². The van der Waals surface area contributed by atoms with E-state index in [1.807, 2.05) is 0 Å². The number of phenols is 1. The number of aliphatic imine (C=N–C) groups is 1. The molecule has 1 saturated heterocycles. The van der Waals surface area contributed by atoms with Gasteiger partial charge in [0.25, 0.3) is 0 Å². The lowest BCUT2D eigenvalue weighted by Gasteiger charge is -2.04. The van der Waals surface area contributed by atoms with Crippen LogP contribution in [0.1, 0.15) is 6.42 Å². The van der Waals surface area contributed by atoms with Crippen molar-refractivity contribution < 1.29 is 19.8 Å². The molecule has 0 aromatic heterocycles. The van der Waals surface area contributed by atoms with Crippen LogP contribution in [0.3, 0.4) is 0 Å². The first-order chi connectivity index (χ1) is 8.54. The molecule has 1 aliphatic heterocycles. The molecule has 0 bridgehead atoms. The van der Waals surface area contributed by atoms with Crippen molar-refractivity contribution in [3.63, 3.8) is 0 Å². The van der Waals surface area contributed by atoms with Crippen LogP contribution in [0.25, 0.3) is 0 Å². The molecular weight excluding hydrogens is 256 g/mol. The van der Waals surface area contributed by atoms with E-state index < -0.39 is 17.1 Å². The van der Waals surface area contributed by atoms with Crippen LogP contribution in [0.5, 0.6) is 5.75 Å². The molecule has 0 saturated carbocycles. The Hall–Kier alpha value is -2.02. The minimum absolute atomic E-state index is 0.0671. The summed E-state index contributed by atoms with van der Waals surface area (Å²) in [7, 11) is 0. The number of nitrogens with one attached hydrogen (secondary N) is 1. The number of rotatable bonds is 3. The Morgan fingerprint density at radius 1 is 1.56 bits per heavy atom. The van der Waals surface area contributed by atoms with Gasteiger partial charge in [0.05, 0.1) is 10.9 Å². The first-order valence-corrected chi connectivity index (χ1v) is 5.97. The Morgan fingerprint density at radius 3 is 3.00 bits per heavy atom. The van der Waals surface area contributed by atoms with E-state index >= 15 is 0 Å². The molecule has 2 N–H and O–H groups in total. The van der Waals surface area contributed by atoms with Crippen molar-refractivity contribution in [2.45, 2.75) is 11.7 Å². The molecule has 2 rings (SSSR count). The minimum atomic E-state index is -1.28. The summed E-state index contributed by atoms with van der Waals surface area (Å²) in [5, 5.41) is 21.8. The van der Waals surface area contributed by atoms with Gasteiger partial charge in [0, 0.05) is 18.5 Å². The van der Waals surface area contributed by atoms with Gasteiger partial charge in [-0.25, -0.2) is 4.99 Å². The maximum Gasteiger partial charge on any atom is 0.239 e. The maximum atomic E-state index is 11.4. The molecule has 1 amide bonds. The highest BCUT2D eigenvalue weighted by atomic mass is 32.2. The van der Waals surface area contributed by atoms with E-state index in [4.69, 9.17) is 0 Å². The number of hydrogen-bond acceptors (Lipinski definition) is 6. The zero-order valence-electron chi connectivity index (χ0n) is 9.12. The monoisotopic (exact) mass is 265 g/mol. The summed E-state index contributed by atoms with van der Waals surface area (Å²) >= 11 is 1.03. The summed E-state index contributed by atoms with van der Waals surface area (Å²) in [6.45, 7) is 0. The van der Waals surface area contributed by atoms with E-state index in [0.717, 1.165) is 11.8 Å². The van der Waals surface area contributed by atoms with Crippen molar-refractivity contribution in [3.05, 3.63) is 24.3 Å². The quantitative estimate of drug-likeness (QED) is 0.784. The highest BCUT2D eigenvalue weighted by Gasteiger charge is 2.30. The van der Waals surface area contributed by atoms with Gasteiger partial charge < -0.3 is 20.3 Å². The number of carboxylic acids is 1. The van der Waals surface area contributed by atoms with E-state index in [2.05, 4.69) is 10.3 Å². The number of aromatic hydroxyl groups is 1. The number of carbonyl (C=O) groups excluding carboxylic acids is 2. The third-order valence-corrected chi connectivity index (χ3v) is 3.27. The summed E-state index contributed by atoms with van der Waals surface area (Å²) in [5.41, 5.74) is 0.479. The lowest BCUT2D eigenvalue weighted by atomic mass is 10.3. The number of phenolic OH excluding ortho intramolecular Hbond substituents is 1. The van der Waals surface area contributed by atoms with E-state index in [0.29, 0.717) is 10.9 Å². The summed E-state index contributed by atoms with van der Waals surface area (Å²) in [5.74, 6) is -1.61. The Morgan fingerprint density at radius 2 is 2.33 bits per heavy atom. The third kappa shape index (κ3) is 3.01. The fraction of sp³-hybridized carbons (Fsp3) is 0.182. The van der Waals surface area contributed by atoms with E-state index in [9.17, 15) is 19.8 Å². The zero-order chi connectivity index (χ0) is 13.1. The smallest absolute Gasteiger partial charge is 0.239 e. The largest absolute Gasteiger partial charge is 0.550 e. The van der Waals surface area contributed by atoms with Gasteiger partial charge in [-0.2, -0.15) is 0 Å². The normalized spacial score (nSPS) is 21.0. The van der Waals surface area contributed by atoms with Gasteiger partial charge in [0.2, 0.25) is 5.91 Å². The molecule has 0 aliphatic carbocycles. The molecule has 1 aliphatic rings. The van der Waals surface area contributed by atoms with Crippen LogP contribution < -0.4 is 10.4 Å². The minimum Gasteiger partial charge on any atom is -0.550 e. The van der Waals surface area contributed by atoms with Crippen LogP contribution in [0, 0.1) is 0 Å². The predicted octanol–water partition coefficient (Wildman–Crippen LogP) is -0.249. The molecule has 6 nitrogen and oxygen atoms in total. The third-order valence-electron chi connectivity index (χ3n) is 2.19. The highest BCUT2D eigenvalue weighted by Crippen LogP contribution is 2.26. The molecule has 1 heterocycles. The molecule has 1 aromatic rings. The van der Waals surface area contributed by atoms with E-state index in [1.165, 1.54) is 12.1 Å². The van der Waals surface area contributed by atoms with Crippen molar-refractivity contribution in [1.82, 2.24) is 5.32 Å². The lowest BCUT2D eigenvalue weighted by molar-refractivity contribution is -0.305. The van der Waals surface area contributed by atoms with Crippen LogP contribution in [-0.2, 0) is 9.59 Å². The first-order valence-electron chi connectivity index (χ1n) is 5.09. The average Bonchev–Trinajstić information content (AvgIpc) is 2.58. The summed E-state index contributed by atoms with van der Waals surface area (Å²) in [6, 6.07) is 6.22. The Labute approximate surface area is 107 Å². The molecule has 7 heteroatoms. The van der Waals surface area contributed by atoms with Gasteiger partial charge in [-0.15, -0.1) is 0 Å². The Kier molecular flexibility index (Phi) is 3.52. The summed E-state index contributed by atoms with van der Waals surface area (Å²) in [4.78, 5) is 26.0. The topological polar surface area (TPSA) is 102 Å².